The molecule has 1 fully saturated rings. The van der Waals surface area contributed by atoms with E-state index < -0.39 is 0 Å². The summed E-state index contributed by atoms with van der Waals surface area (Å²) in [7, 11) is 1.47. The minimum absolute atomic E-state index is 0.117. The fourth-order valence-corrected chi connectivity index (χ4v) is 2.46. The molecule has 0 aromatic heterocycles. The lowest BCUT2D eigenvalue weighted by molar-refractivity contribution is 0.250. The van der Waals surface area contributed by atoms with Crippen molar-refractivity contribution in [2.75, 3.05) is 13.7 Å². The number of ether oxygens (including phenoxy) is 1. The monoisotopic (exact) mass is 267 g/mol. The Bertz CT molecular complexity index is 421. The third-order valence-electron chi connectivity index (χ3n) is 3.77. The highest BCUT2D eigenvalue weighted by molar-refractivity contribution is 5.32. The second-order valence-electron chi connectivity index (χ2n) is 5.24. The predicted molar refractivity (Wildman–Crippen MR) is 72.7 cm³/mol. The van der Waals surface area contributed by atoms with Gasteiger partial charge in [-0.1, -0.05) is 6.07 Å². The number of methoxy groups -OCH3 is 1. The van der Waals surface area contributed by atoms with Crippen molar-refractivity contribution in [2.24, 2.45) is 5.92 Å². The van der Waals surface area contributed by atoms with Crippen LogP contribution in [0.3, 0.4) is 0 Å². The average molecular weight is 267 g/mol. The fourth-order valence-electron chi connectivity index (χ4n) is 2.46. The number of hydrogen-bond donors (Lipinski definition) is 2. The van der Waals surface area contributed by atoms with Crippen LogP contribution in [0.5, 0.6) is 5.75 Å². The summed E-state index contributed by atoms with van der Waals surface area (Å²) in [5.41, 5.74) is 1.00. The first-order chi connectivity index (χ1) is 9.15. The molecule has 0 radical (unpaired) electrons. The van der Waals surface area contributed by atoms with Crippen LogP contribution < -0.4 is 10.1 Å². The zero-order valence-corrected chi connectivity index (χ0v) is 11.5. The third-order valence-corrected chi connectivity index (χ3v) is 3.77. The Morgan fingerprint density at radius 2 is 2.21 bits per heavy atom. The highest BCUT2D eigenvalue weighted by atomic mass is 19.1. The molecule has 1 saturated carbocycles. The smallest absolute Gasteiger partial charge is 0.165 e. The Kier molecular flexibility index (Phi) is 4.77. The predicted octanol–water partition coefficient (Wildman–Crippen LogP) is 2.65. The van der Waals surface area contributed by atoms with Crippen LogP contribution in [0.15, 0.2) is 18.2 Å². The van der Waals surface area contributed by atoms with Crippen molar-refractivity contribution in [3.8, 4) is 5.75 Å². The van der Waals surface area contributed by atoms with E-state index in [0.717, 1.165) is 12.0 Å². The van der Waals surface area contributed by atoms with Gasteiger partial charge in [0, 0.05) is 18.7 Å². The summed E-state index contributed by atoms with van der Waals surface area (Å²) in [5.74, 6) is 0.612. The van der Waals surface area contributed by atoms with Gasteiger partial charge in [-0.2, -0.15) is 0 Å². The summed E-state index contributed by atoms with van der Waals surface area (Å²) in [6, 6.07) is 5.40. The zero-order chi connectivity index (χ0) is 13.8. The van der Waals surface area contributed by atoms with E-state index in [0.29, 0.717) is 12.0 Å². The molecule has 2 unspecified atom stereocenters. The molecule has 1 aromatic carbocycles. The Morgan fingerprint density at radius 1 is 1.47 bits per heavy atom. The topological polar surface area (TPSA) is 41.5 Å². The lowest BCUT2D eigenvalue weighted by Gasteiger charge is -2.23. The van der Waals surface area contributed by atoms with Crippen LogP contribution in [0.1, 0.15) is 37.8 Å². The van der Waals surface area contributed by atoms with Crippen molar-refractivity contribution in [3.05, 3.63) is 29.6 Å². The van der Waals surface area contributed by atoms with Crippen molar-refractivity contribution >= 4 is 0 Å². The average Bonchev–Trinajstić information content (AvgIpc) is 3.23. The minimum atomic E-state index is -0.340. The molecule has 19 heavy (non-hydrogen) atoms. The molecule has 3 nitrogen and oxygen atoms in total. The van der Waals surface area contributed by atoms with Crippen molar-refractivity contribution in [1.82, 2.24) is 5.32 Å². The first-order valence-electron chi connectivity index (χ1n) is 6.86. The molecule has 2 atom stereocenters. The number of nitrogens with one attached hydrogen (secondary N) is 1. The van der Waals surface area contributed by atoms with Crippen molar-refractivity contribution in [3.63, 3.8) is 0 Å². The number of halogens is 1. The quantitative estimate of drug-likeness (QED) is 0.798. The van der Waals surface area contributed by atoms with Crippen LogP contribution >= 0.6 is 0 Å². The maximum absolute atomic E-state index is 13.4. The Morgan fingerprint density at radius 3 is 2.79 bits per heavy atom. The maximum Gasteiger partial charge on any atom is 0.165 e. The zero-order valence-electron chi connectivity index (χ0n) is 11.5. The lowest BCUT2D eigenvalue weighted by Crippen LogP contribution is -2.34. The lowest BCUT2D eigenvalue weighted by atomic mass is 10.0. The Labute approximate surface area is 113 Å². The maximum atomic E-state index is 13.4. The minimum Gasteiger partial charge on any atom is -0.494 e. The Hall–Kier alpha value is -1.13. The molecule has 2 rings (SSSR count). The molecular weight excluding hydrogens is 245 g/mol. The number of rotatable bonds is 7. The summed E-state index contributed by atoms with van der Waals surface area (Å²) >= 11 is 0. The number of benzene rings is 1. The second-order valence-corrected chi connectivity index (χ2v) is 5.24. The standard InChI is InChI=1S/C15H22FNO2/c1-10(17-14(7-8-18)11-3-4-11)12-5-6-13(16)15(9-12)19-2/h5-6,9-11,14,17-18H,3-4,7-8H2,1-2H3. The largest absolute Gasteiger partial charge is 0.494 e. The van der Waals surface area contributed by atoms with Gasteiger partial charge in [-0.25, -0.2) is 4.39 Å². The molecule has 0 amide bonds. The van der Waals surface area contributed by atoms with Gasteiger partial charge < -0.3 is 15.2 Å². The number of aliphatic hydroxyl groups is 1. The fraction of sp³-hybridized carbons (Fsp3) is 0.600. The number of aliphatic hydroxyl groups excluding tert-OH is 1. The van der Waals surface area contributed by atoms with E-state index in [4.69, 9.17) is 9.84 Å². The molecule has 1 aliphatic rings. The van der Waals surface area contributed by atoms with Gasteiger partial charge in [0.25, 0.3) is 0 Å². The Balaban J connectivity index is 2.03. The first kappa shape index (κ1) is 14.3. The summed E-state index contributed by atoms with van der Waals surface area (Å²) in [5, 5.41) is 12.6. The van der Waals surface area contributed by atoms with Crippen LogP contribution in [-0.4, -0.2) is 24.9 Å². The van der Waals surface area contributed by atoms with Gasteiger partial charge in [-0.05, 0) is 49.8 Å². The van der Waals surface area contributed by atoms with E-state index in [-0.39, 0.29) is 24.2 Å². The number of hydrogen-bond acceptors (Lipinski definition) is 3. The first-order valence-corrected chi connectivity index (χ1v) is 6.86. The molecule has 0 bridgehead atoms. The third kappa shape index (κ3) is 3.67. The molecule has 1 aromatic rings. The molecular formula is C15H22FNO2. The van der Waals surface area contributed by atoms with E-state index in [1.165, 1.54) is 26.0 Å². The summed E-state index contributed by atoms with van der Waals surface area (Å²) in [4.78, 5) is 0. The SMILES string of the molecule is COc1cc(C(C)NC(CCO)C2CC2)ccc1F. The van der Waals surface area contributed by atoms with Crippen molar-refractivity contribution in [1.29, 1.82) is 0 Å². The van der Waals surface area contributed by atoms with Gasteiger partial charge in [0.1, 0.15) is 0 Å². The molecule has 2 N–H and O–H groups in total. The molecule has 4 heteroatoms. The van der Waals surface area contributed by atoms with Crippen LogP contribution in [0.4, 0.5) is 4.39 Å². The van der Waals surface area contributed by atoms with Crippen molar-refractivity contribution in [2.45, 2.75) is 38.3 Å². The second kappa shape index (κ2) is 6.35. The summed E-state index contributed by atoms with van der Waals surface area (Å²) in [6.07, 6.45) is 3.24. The van der Waals surface area contributed by atoms with Gasteiger partial charge in [0.15, 0.2) is 11.6 Å². The highest BCUT2D eigenvalue weighted by Gasteiger charge is 2.31. The van der Waals surface area contributed by atoms with Crippen LogP contribution in [0.2, 0.25) is 0 Å². The van der Waals surface area contributed by atoms with E-state index in [2.05, 4.69) is 12.2 Å². The van der Waals surface area contributed by atoms with E-state index in [9.17, 15) is 4.39 Å². The molecule has 106 valence electrons. The molecule has 0 heterocycles. The van der Waals surface area contributed by atoms with Gasteiger partial charge in [0.2, 0.25) is 0 Å². The van der Waals surface area contributed by atoms with Crippen molar-refractivity contribution < 1.29 is 14.2 Å². The van der Waals surface area contributed by atoms with Gasteiger partial charge >= 0.3 is 0 Å². The molecule has 0 aliphatic heterocycles. The highest BCUT2D eigenvalue weighted by Crippen LogP contribution is 2.35. The van der Waals surface area contributed by atoms with E-state index >= 15 is 0 Å². The summed E-state index contributed by atoms with van der Waals surface area (Å²) in [6.45, 7) is 2.26. The van der Waals surface area contributed by atoms with E-state index in [1.807, 2.05) is 0 Å². The summed E-state index contributed by atoms with van der Waals surface area (Å²) < 4.78 is 18.4. The normalized spacial score (nSPS) is 18.1. The molecule has 1 aliphatic carbocycles. The van der Waals surface area contributed by atoms with Gasteiger partial charge in [0.05, 0.1) is 7.11 Å². The molecule has 0 spiro atoms. The molecule has 0 saturated heterocycles. The van der Waals surface area contributed by atoms with Crippen LogP contribution in [0, 0.1) is 11.7 Å². The van der Waals surface area contributed by atoms with Gasteiger partial charge in [-0.3, -0.25) is 0 Å². The van der Waals surface area contributed by atoms with Gasteiger partial charge in [-0.15, -0.1) is 0 Å². The van der Waals surface area contributed by atoms with Crippen LogP contribution in [-0.2, 0) is 0 Å². The van der Waals surface area contributed by atoms with Crippen LogP contribution in [0.25, 0.3) is 0 Å². The van der Waals surface area contributed by atoms with E-state index in [1.54, 1.807) is 12.1 Å².